The van der Waals surface area contributed by atoms with Crippen molar-refractivity contribution in [3.8, 4) is 0 Å². The molecule has 7 nitrogen and oxygen atoms in total. The maximum atomic E-state index is 11.9. The van der Waals surface area contributed by atoms with Crippen LogP contribution in [0.5, 0.6) is 0 Å². The van der Waals surface area contributed by atoms with Gasteiger partial charge in [-0.15, -0.1) is 0 Å². The van der Waals surface area contributed by atoms with Gasteiger partial charge in [-0.05, 0) is 6.26 Å². The first-order valence-electron chi connectivity index (χ1n) is 5.46. The van der Waals surface area contributed by atoms with Crippen LogP contribution in [-0.2, 0) is 13.9 Å². The number of nitrogens with zero attached hydrogens (tertiary/aromatic N) is 2. The molecule has 1 N–H and O–H groups in total. The molecule has 0 saturated carbocycles. The second-order valence-electron chi connectivity index (χ2n) is 3.77. The number of carbonyl (C=O) groups is 2. The van der Waals surface area contributed by atoms with E-state index in [0.29, 0.717) is 26.2 Å². The van der Waals surface area contributed by atoms with Gasteiger partial charge in [0, 0.05) is 40.2 Å². The summed E-state index contributed by atoms with van der Waals surface area (Å²) < 4.78 is 16.7. The summed E-state index contributed by atoms with van der Waals surface area (Å²) >= 11 is 0.980. The minimum absolute atomic E-state index is 0.00161. The summed E-state index contributed by atoms with van der Waals surface area (Å²) in [6.07, 6.45) is 1.61. The van der Waals surface area contributed by atoms with Crippen molar-refractivity contribution in [2.45, 2.75) is 6.92 Å². The van der Waals surface area contributed by atoms with Crippen molar-refractivity contribution in [1.29, 1.82) is 0 Å². The van der Waals surface area contributed by atoms with Gasteiger partial charge < -0.3 is 14.3 Å². The molecular weight excluding hydrogens is 277 g/mol. The van der Waals surface area contributed by atoms with Crippen molar-refractivity contribution in [1.82, 2.24) is 14.9 Å². The van der Waals surface area contributed by atoms with E-state index in [1.807, 2.05) is 0 Å². The fourth-order valence-electron chi connectivity index (χ4n) is 1.58. The molecule has 0 aromatic rings. The summed E-state index contributed by atoms with van der Waals surface area (Å²) in [5.41, 5.74) is 0. The summed E-state index contributed by atoms with van der Waals surface area (Å²) in [5.74, 6) is 0.00161. The second-order valence-corrected chi connectivity index (χ2v) is 8.26. The zero-order chi connectivity index (χ0) is 13.8. The van der Waals surface area contributed by atoms with Crippen LogP contribution in [0.1, 0.15) is 6.92 Å². The van der Waals surface area contributed by atoms with Gasteiger partial charge in [0.05, 0.1) is 0 Å². The lowest BCUT2D eigenvalue weighted by Crippen LogP contribution is -2.52. The molecule has 1 aliphatic rings. The number of nitrogens with one attached hydrogen (secondary N) is 1. The minimum Gasteiger partial charge on any atom is -0.339 e. The number of amides is 3. The van der Waals surface area contributed by atoms with E-state index in [4.69, 9.17) is 4.52 Å². The molecule has 18 heavy (non-hydrogen) atoms. The highest BCUT2D eigenvalue weighted by molar-refractivity contribution is 8.55. The molecule has 0 aliphatic carbocycles. The van der Waals surface area contributed by atoms with E-state index in [0.717, 1.165) is 11.4 Å². The van der Waals surface area contributed by atoms with Gasteiger partial charge in [0.15, 0.2) is 0 Å². The summed E-state index contributed by atoms with van der Waals surface area (Å²) in [4.78, 5) is 26.2. The SMILES string of the molecule is COP(=O)(NC(=O)N1CCN(C(C)=O)CC1)SC. The third-order valence-corrected chi connectivity index (χ3v) is 6.32. The first-order chi connectivity index (χ1) is 8.41. The summed E-state index contributed by atoms with van der Waals surface area (Å²) in [7, 11) is 1.30. The Morgan fingerprint density at radius 1 is 1.22 bits per heavy atom. The van der Waals surface area contributed by atoms with Crippen molar-refractivity contribution < 1.29 is 18.7 Å². The molecule has 0 aromatic carbocycles. The second kappa shape index (κ2) is 6.45. The Labute approximate surface area is 110 Å². The van der Waals surface area contributed by atoms with Gasteiger partial charge in [-0.1, -0.05) is 11.4 Å². The fraction of sp³-hybridized carbons (Fsp3) is 0.778. The van der Waals surface area contributed by atoms with Gasteiger partial charge in [-0.2, -0.15) is 0 Å². The van der Waals surface area contributed by atoms with Crippen LogP contribution in [0, 0.1) is 0 Å². The number of urea groups is 1. The molecule has 1 atom stereocenters. The molecule has 0 radical (unpaired) electrons. The Hall–Kier alpha value is -0.720. The number of carbonyl (C=O) groups excluding carboxylic acids is 2. The first kappa shape index (κ1) is 15.3. The molecule has 1 heterocycles. The van der Waals surface area contributed by atoms with Gasteiger partial charge in [0.1, 0.15) is 0 Å². The van der Waals surface area contributed by atoms with Crippen molar-refractivity contribution in [2.75, 3.05) is 39.5 Å². The Kier molecular flexibility index (Phi) is 5.49. The average molecular weight is 295 g/mol. The van der Waals surface area contributed by atoms with E-state index in [1.165, 1.54) is 18.9 Å². The highest BCUT2D eigenvalue weighted by Gasteiger charge is 2.28. The molecular formula is C9H18N3O4PS. The van der Waals surface area contributed by atoms with Crippen LogP contribution >= 0.6 is 18.1 Å². The van der Waals surface area contributed by atoms with E-state index in [9.17, 15) is 14.2 Å². The Balaban J connectivity index is 2.50. The Bertz CT molecular complexity index is 363. The van der Waals surface area contributed by atoms with Crippen LogP contribution in [0.2, 0.25) is 0 Å². The largest absolute Gasteiger partial charge is 0.354 e. The third-order valence-electron chi connectivity index (χ3n) is 2.73. The van der Waals surface area contributed by atoms with Gasteiger partial charge in [0.25, 0.3) is 0 Å². The molecule has 1 saturated heterocycles. The molecule has 1 fully saturated rings. The predicted molar refractivity (Wildman–Crippen MR) is 70.5 cm³/mol. The first-order valence-corrected chi connectivity index (χ1v) is 8.91. The molecule has 1 unspecified atom stereocenters. The lowest BCUT2D eigenvalue weighted by atomic mass is 10.3. The van der Waals surface area contributed by atoms with Crippen molar-refractivity contribution in [3.05, 3.63) is 0 Å². The normalized spacial score (nSPS) is 19.3. The van der Waals surface area contributed by atoms with E-state index in [-0.39, 0.29) is 5.91 Å². The van der Waals surface area contributed by atoms with Gasteiger partial charge in [-0.25, -0.2) is 4.79 Å². The quantitative estimate of drug-likeness (QED) is 0.785. The fourth-order valence-corrected chi connectivity index (χ4v) is 3.24. The van der Waals surface area contributed by atoms with E-state index >= 15 is 0 Å². The summed E-state index contributed by atoms with van der Waals surface area (Å²) in [5, 5.41) is 2.39. The van der Waals surface area contributed by atoms with E-state index in [1.54, 1.807) is 11.2 Å². The standard InChI is InChI=1S/C9H18N3O4PS/c1-8(13)11-4-6-12(7-5-11)9(14)10-17(15,16-2)18-3/h4-7H2,1-3H3,(H,10,14,15). The van der Waals surface area contributed by atoms with Crippen LogP contribution in [-0.4, -0.2) is 61.3 Å². The maximum Gasteiger partial charge on any atom is 0.354 e. The molecule has 0 bridgehead atoms. The minimum atomic E-state index is -3.14. The molecule has 1 aliphatic heterocycles. The van der Waals surface area contributed by atoms with E-state index in [2.05, 4.69) is 5.09 Å². The topological polar surface area (TPSA) is 79.0 Å². The predicted octanol–water partition coefficient (Wildman–Crippen LogP) is 0.978. The van der Waals surface area contributed by atoms with Crippen LogP contribution < -0.4 is 5.09 Å². The van der Waals surface area contributed by atoms with Crippen molar-refractivity contribution in [2.24, 2.45) is 0 Å². The molecule has 1 rings (SSSR count). The smallest absolute Gasteiger partial charge is 0.339 e. The molecule has 3 amide bonds. The van der Waals surface area contributed by atoms with Gasteiger partial charge >= 0.3 is 12.8 Å². The monoisotopic (exact) mass is 295 g/mol. The van der Waals surface area contributed by atoms with Crippen molar-refractivity contribution in [3.63, 3.8) is 0 Å². The number of hydrogen-bond donors (Lipinski definition) is 1. The molecule has 0 aromatic heterocycles. The average Bonchev–Trinajstić information content (AvgIpc) is 2.38. The third kappa shape index (κ3) is 3.90. The number of rotatable bonds is 3. The Morgan fingerprint density at radius 2 is 1.72 bits per heavy atom. The lowest BCUT2D eigenvalue weighted by molar-refractivity contribution is -0.130. The number of hydrogen-bond acceptors (Lipinski definition) is 5. The lowest BCUT2D eigenvalue weighted by Gasteiger charge is -2.34. The van der Waals surface area contributed by atoms with Crippen molar-refractivity contribution >= 4 is 30.0 Å². The summed E-state index contributed by atoms with van der Waals surface area (Å²) in [6, 6.07) is -0.419. The van der Waals surface area contributed by atoms with Crippen LogP contribution in [0.3, 0.4) is 0 Å². The summed E-state index contributed by atoms with van der Waals surface area (Å²) in [6.45, 7) is 0.226. The highest BCUT2D eigenvalue weighted by atomic mass is 32.7. The zero-order valence-corrected chi connectivity index (χ0v) is 12.4. The highest BCUT2D eigenvalue weighted by Crippen LogP contribution is 2.53. The van der Waals surface area contributed by atoms with Gasteiger partial charge in [0.2, 0.25) is 5.91 Å². The maximum absolute atomic E-state index is 11.9. The molecule has 104 valence electrons. The molecule has 0 spiro atoms. The van der Waals surface area contributed by atoms with E-state index < -0.39 is 12.8 Å². The van der Waals surface area contributed by atoms with Crippen LogP contribution in [0.25, 0.3) is 0 Å². The Morgan fingerprint density at radius 3 is 2.11 bits per heavy atom. The van der Waals surface area contributed by atoms with Crippen LogP contribution in [0.4, 0.5) is 4.79 Å². The van der Waals surface area contributed by atoms with Crippen LogP contribution in [0.15, 0.2) is 0 Å². The zero-order valence-electron chi connectivity index (χ0n) is 10.7. The molecule has 9 heteroatoms. The number of piperazine rings is 1. The van der Waals surface area contributed by atoms with Gasteiger partial charge in [-0.3, -0.25) is 14.4 Å².